The van der Waals surface area contributed by atoms with E-state index in [4.69, 9.17) is 23.8 Å². The highest BCUT2D eigenvalue weighted by Gasteiger charge is 2.40. The largest absolute Gasteiger partial charge is 0.385 e. The van der Waals surface area contributed by atoms with E-state index < -0.39 is 5.82 Å². The average Bonchev–Trinajstić information content (AvgIpc) is 3.49. The highest BCUT2D eigenvalue weighted by atomic mass is 35.5. The monoisotopic (exact) mass is 505 g/mol. The quantitative estimate of drug-likeness (QED) is 0.222. The van der Waals surface area contributed by atoms with Gasteiger partial charge in [0.1, 0.15) is 5.82 Å². The lowest BCUT2D eigenvalue weighted by atomic mass is 10.0. The second-order valence-electron chi connectivity index (χ2n) is 8.37. The van der Waals surface area contributed by atoms with Crippen LogP contribution in [0.4, 0.5) is 10.1 Å². The van der Waals surface area contributed by atoms with E-state index in [0.717, 1.165) is 42.3 Å². The Labute approximate surface area is 214 Å². The number of rotatable bonds is 8. The van der Waals surface area contributed by atoms with Crippen LogP contribution in [-0.2, 0) is 0 Å². The molecule has 0 saturated carbocycles. The van der Waals surface area contributed by atoms with E-state index in [1.165, 1.54) is 6.07 Å². The molecule has 1 fully saturated rings. The molecule has 0 bridgehead atoms. The van der Waals surface area contributed by atoms with Crippen molar-refractivity contribution in [2.75, 3.05) is 18.4 Å². The first-order chi connectivity index (χ1) is 17.1. The summed E-state index contributed by atoms with van der Waals surface area (Å²) in [6, 6.07) is 24.6. The Morgan fingerprint density at radius 3 is 2.63 bits per heavy atom. The van der Waals surface area contributed by atoms with Crippen molar-refractivity contribution in [2.24, 2.45) is 0 Å². The second-order valence-corrected chi connectivity index (χ2v) is 9.16. The summed E-state index contributed by atoms with van der Waals surface area (Å²) >= 11 is 11.9. The lowest BCUT2D eigenvalue weighted by Crippen LogP contribution is -2.32. The molecule has 0 amide bonds. The van der Waals surface area contributed by atoms with E-state index in [2.05, 4.69) is 38.7 Å². The van der Waals surface area contributed by atoms with Gasteiger partial charge in [0.2, 0.25) is 0 Å². The summed E-state index contributed by atoms with van der Waals surface area (Å²) in [5.74, 6) is -0.438. The summed E-state index contributed by atoms with van der Waals surface area (Å²) < 4.78 is 15.9. The van der Waals surface area contributed by atoms with Crippen LogP contribution in [0.2, 0.25) is 5.02 Å². The Bertz CT molecular complexity index is 1300. The number of aromatic nitrogens is 2. The molecule has 178 valence electrons. The van der Waals surface area contributed by atoms with E-state index in [1.54, 1.807) is 18.3 Å². The third-order valence-corrected chi connectivity index (χ3v) is 6.78. The number of nitrogens with one attached hydrogen (secondary N) is 2. The Balaban J connectivity index is 1.44. The van der Waals surface area contributed by atoms with Gasteiger partial charge in [-0.05, 0) is 73.2 Å². The topological polar surface area (TPSA) is 45.1 Å². The van der Waals surface area contributed by atoms with Crippen LogP contribution in [0.25, 0.3) is 5.69 Å². The lowest BCUT2D eigenvalue weighted by molar-refractivity contribution is 0.307. The maximum Gasteiger partial charge on any atom is 0.170 e. The Kier molecular flexibility index (Phi) is 6.97. The van der Waals surface area contributed by atoms with Crippen LogP contribution in [0.15, 0.2) is 91.3 Å². The number of thiocarbonyl (C=S) groups is 1. The maximum absolute atomic E-state index is 13.8. The van der Waals surface area contributed by atoms with Crippen LogP contribution in [0.1, 0.15) is 29.9 Å². The molecule has 8 heteroatoms. The molecule has 2 atom stereocenters. The van der Waals surface area contributed by atoms with Crippen LogP contribution in [0.5, 0.6) is 0 Å². The van der Waals surface area contributed by atoms with Crippen molar-refractivity contribution < 1.29 is 4.39 Å². The number of anilines is 1. The van der Waals surface area contributed by atoms with Gasteiger partial charge in [0.25, 0.3) is 0 Å². The third kappa shape index (κ3) is 5.01. The second kappa shape index (κ2) is 10.5. The standard InChI is InChI=1S/C27H25ClFN5S/c28-21-18-20(12-13-22(21)29)33-16-6-11-24(33)26-25(23-10-4-5-14-31-23)32-27(35)34(26)17-7-15-30-19-8-2-1-3-9-19/h1-6,8-14,16,18,25-26,30H,7,15,17H2,(H,32,35)/t25-,26+/m0/s1. The fourth-order valence-corrected chi connectivity index (χ4v) is 5.02. The summed E-state index contributed by atoms with van der Waals surface area (Å²) in [4.78, 5) is 6.83. The number of benzene rings is 2. The van der Waals surface area contributed by atoms with Gasteiger partial charge in [-0.15, -0.1) is 0 Å². The summed E-state index contributed by atoms with van der Waals surface area (Å²) in [7, 11) is 0. The molecule has 0 spiro atoms. The van der Waals surface area contributed by atoms with Crippen molar-refractivity contribution in [1.82, 2.24) is 19.8 Å². The Morgan fingerprint density at radius 1 is 1.03 bits per heavy atom. The summed E-state index contributed by atoms with van der Waals surface area (Å²) in [5.41, 5.74) is 3.82. The van der Waals surface area contributed by atoms with Crippen molar-refractivity contribution in [2.45, 2.75) is 18.5 Å². The van der Waals surface area contributed by atoms with Gasteiger partial charge >= 0.3 is 0 Å². The van der Waals surface area contributed by atoms with Gasteiger partial charge in [-0.1, -0.05) is 35.9 Å². The predicted molar refractivity (Wildman–Crippen MR) is 142 cm³/mol. The zero-order valence-electron chi connectivity index (χ0n) is 18.9. The molecule has 2 aromatic heterocycles. The van der Waals surface area contributed by atoms with Crippen LogP contribution in [0.3, 0.4) is 0 Å². The highest BCUT2D eigenvalue weighted by molar-refractivity contribution is 7.80. The summed E-state index contributed by atoms with van der Waals surface area (Å²) in [5, 5.41) is 7.74. The number of halogens is 2. The highest BCUT2D eigenvalue weighted by Crippen LogP contribution is 2.39. The van der Waals surface area contributed by atoms with Crippen molar-refractivity contribution in [3.63, 3.8) is 0 Å². The van der Waals surface area contributed by atoms with Gasteiger partial charge in [0, 0.05) is 42.6 Å². The molecule has 0 radical (unpaired) electrons. The van der Waals surface area contributed by atoms with Crippen LogP contribution < -0.4 is 10.6 Å². The molecule has 5 nitrogen and oxygen atoms in total. The Hall–Kier alpha value is -3.42. The lowest BCUT2D eigenvalue weighted by Gasteiger charge is -2.29. The minimum atomic E-state index is -0.438. The molecule has 0 aliphatic carbocycles. The Morgan fingerprint density at radius 2 is 1.86 bits per heavy atom. The molecule has 1 saturated heterocycles. The molecule has 2 N–H and O–H groups in total. The zero-order chi connectivity index (χ0) is 24.2. The van der Waals surface area contributed by atoms with Gasteiger partial charge in [0.15, 0.2) is 5.11 Å². The van der Waals surface area contributed by atoms with Crippen molar-refractivity contribution in [3.05, 3.63) is 113 Å². The number of hydrogen-bond acceptors (Lipinski definition) is 3. The maximum atomic E-state index is 13.8. The molecule has 3 heterocycles. The third-order valence-electron chi connectivity index (χ3n) is 6.14. The summed E-state index contributed by atoms with van der Waals surface area (Å²) in [6.07, 6.45) is 4.65. The minimum Gasteiger partial charge on any atom is -0.385 e. The normalized spacial score (nSPS) is 17.4. The van der Waals surface area contributed by atoms with Gasteiger partial charge in [-0.2, -0.15) is 0 Å². The van der Waals surface area contributed by atoms with E-state index in [-0.39, 0.29) is 17.1 Å². The van der Waals surface area contributed by atoms with E-state index >= 15 is 0 Å². The van der Waals surface area contributed by atoms with Gasteiger partial charge in [0.05, 0.1) is 22.8 Å². The predicted octanol–water partition coefficient (Wildman–Crippen LogP) is 6.14. The first-order valence-electron chi connectivity index (χ1n) is 11.5. The van der Waals surface area contributed by atoms with Gasteiger partial charge in [-0.25, -0.2) is 4.39 Å². The smallest absolute Gasteiger partial charge is 0.170 e. The number of para-hydroxylation sites is 1. The molecule has 1 aliphatic rings. The first-order valence-corrected chi connectivity index (χ1v) is 12.3. The zero-order valence-corrected chi connectivity index (χ0v) is 20.5. The molecular weight excluding hydrogens is 481 g/mol. The van der Waals surface area contributed by atoms with Gasteiger partial charge in [-0.3, -0.25) is 4.98 Å². The molecule has 35 heavy (non-hydrogen) atoms. The molecule has 4 aromatic rings. The number of pyridine rings is 1. The first kappa shape index (κ1) is 23.3. The molecule has 2 aromatic carbocycles. The minimum absolute atomic E-state index is 0.0901. The van der Waals surface area contributed by atoms with Crippen LogP contribution in [-0.4, -0.2) is 32.7 Å². The molecule has 5 rings (SSSR count). The fourth-order valence-electron chi connectivity index (χ4n) is 4.51. The van der Waals surface area contributed by atoms with Crippen LogP contribution >= 0.6 is 23.8 Å². The van der Waals surface area contributed by atoms with E-state index in [9.17, 15) is 4.39 Å². The number of hydrogen-bond donors (Lipinski definition) is 2. The average molecular weight is 506 g/mol. The molecule has 0 unspecified atom stereocenters. The summed E-state index contributed by atoms with van der Waals surface area (Å²) in [6.45, 7) is 1.58. The van der Waals surface area contributed by atoms with Crippen LogP contribution in [0, 0.1) is 5.82 Å². The van der Waals surface area contributed by atoms with Crippen molar-refractivity contribution in [3.8, 4) is 5.69 Å². The molecule has 1 aliphatic heterocycles. The number of nitrogens with zero attached hydrogens (tertiary/aromatic N) is 3. The van der Waals surface area contributed by atoms with E-state index in [1.807, 2.05) is 53.2 Å². The van der Waals surface area contributed by atoms with Crippen molar-refractivity contribution >= 4 is 34.6 Å². The molecular formula is C27H25ClFN5S. The van der Waals surface area contributed by atoms with Gasteiger partial charge < -0.3 is 20.1 Å². The van der Waals surface area contributed by atoms with E-state index in [0.29, 0.717) is 5.11 Å². The SMILES string of the molecule is Fc1ccc(-n2cccc2[C@@H]2[C@H](c3ccccn3)NC(=S)N2CCCNc2ccccc2)cc1Cl. The van der Waals surface area contributed by atoms with Crippen molar-refractivity contribution in [1.29, 1.82) is 0 Å². The fraction of sp³-hybridized carbons (Fsp3) is 0.185.